The largest absolute Gasteiger partial charge is 0.455 e. The quantitative estimate of drug-likeness (QED) is 0.696. The van der Waals surface area contributed by atoms with E-state index in [0.717, 1.165) is 6.07 Å². The minimum absolute atomic E-state index is 0.0828. The predicted octanol–water partition coefficient (Wildman–Crippen LogP) is 2.94. The lowest BCUT2D eigenvalue weighted by molar-refractivity contribution is 0.0457. The minimum atomic E-state index is -0.794. The molecule has 0 saturated heterocycles. The number of aryl methyl sites for hydroxylation is 2. The van der Waals surface area contributed by atoms with Crippen LogP contribution in [0.15, 0.2) is 18.2 Å². The van der Waals surface area contributed by atoms with Crippen molar-refractivity contribution in [2.24, 2.45) is 0 Å². The number of halogens is 2. The minimum Gasteiger partial charge on any atom is -0.455 e. The first kappa shape index (κ1) is 15.3. The number of rotatable bonds is 4. The predicted molar refractivity (Wildman–Crippen MR) is 77.6 cm³/mol. The average Bonchev–Trinajstić information content (AvgIpc) is 2.74. The molecule has 0 atom stereocenters. The number of esters is 1. The van der Waals surface area contributed by atoms with E-state index in [1.807, 2.05) is 6.92 Å². The number of hydrogen-bond donors (Lipinski definition) is 1. The Hall–Kier alpha value is -2.08. The van der Waals surface area contributed by atoms with Gasteiger partial charge in [-0.3, -0.25) is 4.68 Å². The van der Waals surface area contributed by atoms with Crippen LogP contribution in [-0.4, -0.2) is 15.7 Å². The van der Waals surface area contributed by atoms with Gasteiger partial charge in [-0.1, -0.05) is 11.6 Å². The number of ether oxygens (including phenoxy) is 1. The van der Waals surface area contributed by atoms with E-state index in [1.165, 1.54) is 12.1 Å². The van der Waals surface area contributed by atoms with Crippen LogP contribution in [-0.2, 0) is 17.9 Å². The molecule has 0 saturated carbocycles. The molecule has 0 fully saturated rings. The number of hydrogen-bond acceptors (Lipinski definition) is 4. The summed E-state index contributed by atoms with van der Waals surface area (Å²) in [7, 11) is 0. The molecule has 2 N–H and O–H groups in total. The summed E-state index contributed by atoms with van der Waals surface area (Å²) in [6.45, 7) is 4.16. The Bertz CT molecular complexity index is 685. The van der Waals surface area contributed by atoms with Crippen LogP contribution in [0.4, 0.5) is 10.1 Å². The van der Waals surface area contributed by atoms with Crippen molar-refractivity contribution in [2.45, 2.75) is 27.0 Å². The zero-order chi connectivity index (χ0) is 15.6. The molecule has 1 aromatic heterocycles. The topological polar surface area (TPSA) is 70.1 Å². The zero-order valence-corrected chi connectivity index (χ0v) is 12.4. The SMILES string of the molecule is CCn1nc(C)c(Cl)c1COC(=O)c1cc(N)ccc1F. The lowest BCUT2D eigenvalue weighted by atomic mass is 10.2. The van der Waals surface area contributed by atoms with Crippen molar-refractivity contribution in [2.75, 3.05) is 5.73 Å². The second-order valence-electron chi connectivity index (χ2n) is 4.48. The average molecular weight is 312 g/mol. The molecule has 7 heteroatoms. The number of anilines is 1. The maximum Gasteiger partial charge on any atom is 0.341 e. The molecule has 0 aliphatic heterocycles. The van der Waals surface area contributed by atoms with Gasteiger partial charge in [-0.05, 0) is 32.0 Å². The van der Waals surface area contributed by atoms with E-state index < -0.39 is 11.8 Å². The second kappa shape index (κ2) is 6.13. The molecule has 21 heavy (non-hydrogen) atoms. The Morgan fingerprint density at radius 2 is 2.24 bits per heavy atom. The number of carbonyl (C=O) groups is 1. The highest BCUT2D eigenvalue weighted by Gasteiger charge is 2.17. The Balaban J connectivity index is 2.16. The van der Waals surface area contributed by atoms with Crippen molar-refractivity contribution in [1.29, 1.82) is 0 Å². The highest BCUT2D eigenvalue weighted by Crippen LogP contribution is 2.22. The fourth-order valence-electron chi connectivity index (χ4n) is 1.92. The van der Waals surface area contributed by atoms with Crippen LogP contribution in [0.5, 0.6) is 0 Å². The third kappa shape index (κ3) is 3.16. The molecule has 0 spiro atoms. The molecule has 5 nitrogen and oxygen atoms in total. The molecule has 0 amide bonds. The van der Waals surface area contributed by atoms with Gasteiger partial charge in [0.25, 0.3) is 0 Å². The van der Waals surface area contributed by atoms with Gasteiger partial charge in [0.2, 0.25) is 0 Å². The summed E-state index contributed by atoms with van der Waals surface area (Å²) in [4.78, 5) is 11.9. The van der Waals surface area contributed by atoms with Crippen LogP contribution in [0.2, 0.25) is 5.02 Å². The fraction of sp³-hybridized carbons (Fsp3) is 0.286. The van der Waals surface area contributed by atoms with Gasteiger partial charge in [0.15, 0.2) is 0 Å². The molecule has 0 aliphatic rings. The van der Waals surface area contributed by atoms with Gasteiger partial charge in [0.05, 0.1) is 22.0 Å². The number of nitrogen functional groups attached to an aromatic ring is 1. The van der Waals surface area contributed by atoms with Crippen molar-refractivity contribution in [1.82, 2.24) is 9.78 Å². The number of nitrogens with zero attached hydrogens (tertiary/aromatic N) is 2. The van der Waals surface area contributed by atoms with Crippen molar-refractivity contribution >= 4 is 23.3 Å². The Labute approximate surface area is 126 Å². The zero-order valence-electron chi connectivity index (χ0n) is 11.7. The van der Waals surface area contributed by atoms with Gasteiger partial charge < -0.3 is 10.5 Å². The number of nitrogens with two attached hydrogens (primary N) is 1. The summed E-state index contributed by atoms with van der Waals surface area (Å²) >= 11 is 6.11. The fourth-order valence-corrected chi connectivity index (χ4v) is 2.11. The van der Waals surface area contributed by atoms with Gasteiger partial charge in [0.1, 0.15) is 12.4 Å². The van der Waals surface area contributed by atoms with E-state index in [-0.39, 0.29) is 17.9 Å². The molecule has 0 radical (unpaired) electrons. The van der Waals surface area contributed by atoms with Crippen LogP contribution in [0.25, 0.3) is 0 Å². The molecular formula is C14H15ClFN3O2. The molecule has 1 aromatic carbocycles. The molecule has 2 aromatic rings. The van der Waals surface area contributed by atoms with E-state index in [9.17, 15) is 9.18 Å². The molecular weight excluding hydrogens is 297 g/mol. The summed E-state index contributed by atoms with van der Waals surface area (Å²) in [6, 6.07) is 3.74. The van der Waals surface area contributed by atoms with E-state index in [4.69, 9.17) is 22.1 Å². The second-order valence-corrected chi connectivity index (χ2v) is 4.86. The normalized spacial score (nSPS) is 10.7. The van der Waals surface area contributed by atoms with Gasteiger partial charge in [-0.2, -0.15) is 5.10 Å². The lowest BCUT2D eigenvalue weighted by Crippen LogP contribution is -2.11. The number of aromatic nitrogens is 2. The molecule has 1 heterocycles. The summed E-state index contributed by atoms with van der Waals surface area (Å²) in [5.41, 5.74) is 6.85. The van der Waals surface area contributed by atoms with Gasteiger partial charge >= 0.3 is 5.97 Å². The smallest absolute Gasteiger partial charge is 0.341 e. The molecule has 0 unspecified atom stereocenters. The summed E-state index contributed by atoms with van der Waals surface area (Å²) < 4.78 is 20.3. The van der Waals surface area contributed by atoms with Crippen LogP contribution in [0.3, 0.4) is 0 Å². The summed E-state index contributed by atoms with van der Waals surface area (Å²) in [5, 5.41) is 4.65. The maximum absolute atomic E-state index is 13.6. The highest BCUT2D eigenvalue weighted by molar-refractivity contribution is 6.31. The van der Waals surface area contributed by atoms with Crippen LogP contribution < -0.4 is 5.73 Å². The van der Waals surface area contributed by atoms with Crippen molar-refractivity contribution in [3.63, 3.8) is 0 Å². The van der Waals surface area contributed by atoms with Crippen LogP contribution in [0.1, 0.15) is 28.7 Å². The van der Waals surface area contributed by atoms with Crippen molar-refractivity contribution in [3.05, 3.63) is 46.0 Å². The molecule has 0 bridgehead atoms. The van der Waals surface area contributed by atoms with Crippen LogP contribution in [0, 0.1) is 12.7 Å². The monoisotopic (exact) mass is 311 g/mol. The molecule has 0 aliphatic carbocycles. The van der Waals surface area contributed by atoms with Gasteiger partial charge in [-0.25, -0.2) is 9.18 Å². The first-order chi connectivity index (χ1) is 9.93. The van der Waals surface area contributed by atoms with Crippen molar-refractivity contribution in [3.8, 4) is 0 Å². The summed E-state index contributed by atoms with van der Waals surface area (Å²) in [5.74, 6) is -1.47. The standard InChI is InChI=1S/C14H15ClFN3O2/c1-3-19-12(13(15)8(2)18-19)7-21-14(20)10-6-9(17)4-5-11(10)16/h4-6H,3,7,17H2,1-2H3. The maximum atomic E-state index is 13.6. The van der Waals surface area contributed by atoms with Gasteiger partial charge in [0, 0.05) is 12.2 Å². The Morgan fingerprint density at radius 3 is 2.90 bits per heavy atom. The van der Waals surface area contributed by atoms with Crippen molar-refractivity contribution < 1.29 is 13.9 Å². The molecule has 112 valence electrons. The third-order valence-electron chi connectivity index (χ3n) is 3.00. The van der Waals surface area contributed by atoms with E-state index in [0.29, 0.717) is 23.0 Å². The summed E-state index contributed by atoms with van der Waals surface area (Å²) in [6.07, 6.45) is 0. The first-order valence-electron chi connectivity index (χ1n) is 6.38. The van der Waals surface area contributed by atoms with E-state index >= 15 is 0 Å². The highest BCUT2D eigenvalue weighted by atomic mass is 35.5. The Kier molecular flexibility index (Phi) is 4.47. The first-order valence-corrected chi connectivity index (χ1v) is 6.75. The number of benzene rings is 1. The number of carbonyl (C=O) groups excluding carboxylic acids is 1. The van der Waals surface area contributed by atoms with Gasteiger partial charge in [-0.15, -0.1) is 0 Å². The third-order valence-corrected chi connectivity index (χ3v) is 3.49. The Morgan fingerprint density at radius 1 is 1.52 bits per heavy atom. The lowest BCUT2D eigenvalue weighted by Gasteiger charge is -2.08. The van der Waals surface area contributed by atoms with Crippen LogP contribution >= 0.6 is 11.6 Å². The molecule has 2 rings (SSSR count). The van der Waals surface area contributed by atoms with E-state index in [2.05, 4.69) is 5.10 Å². The van der Waals surface area contributed by atoms with E-state index in [1.54, 1.807) is 11.6 Å².